The van der Waals surface area contributed by atoms with Crippen molar-refractivity contribution >= 4 is 11.7 Å². The van der Waals surface area contributed by atoms with Crippen molar-refractivity contribution in [1.29, 1.82) is 0 Å². The van der Waals surface area contributed by atoms with Crippen LogP contribution in [0, 0.1) is 6.92 Å². The van der Waals surface area contributed by atoms with E-state index in [1.54, 1.807) is 0 Å². The van der Waals surface area contributed by atoms with E-state index in [4.69, 9.17) is 4.74 Å². The van der Waals surface area contributed by atoms with E-state index in [2.05, 4.69) is 12.2 Å². The molecule has 0 saturated heterocycles. The SMILES string of the molecule is CCCCCC(C)(Nc1cccc(C)c1)C(=O)OC. The minimum Gasteiger partial charge on any atom is -0.467 e. The summed E-state index contributed by atoms with van der Waals surface area (Å²) >= 11 is 0. The lowest BCUT2D eigenvalue weighted by atomic mass is 9.93. The number of esters is 1. The number of carbonyl (C=O) groups excluding carboxylic acids is 1. The summed E-state index contributed by atoms with van der Waals surface area (Å²) in [6.45, 7) is 6.11. The summed E-state index contributed by atoms with van der Waals surface area (Å²) in [7, 11) is 1.44. The molecule has 1 unspecified atom stereocenters. The normalized spacial score (nSPS) is 13.7. The van der Waals surface area contributed by atoms with Crippen molar-refractivity contribution in [3.05, 3.63) is 29.8 Å². The fraction of sp³-hybridized carbons (Fsp3) is 0.562. The van der Waals surface area contributed by atoms with Gasteiger partial charge >= 0.3 is 5.97 Å². The fourth-order valence-corrected chi connectivity index (χ4v) is 2.21. The quantitative estimate of drug-likeness (QED) is 0.598. The Hall–Kier alpha value is -1.51. The van der Waals surface area contributed by atoms with Crippen molar-refractivity contribution in [1.82, 2.24) is 0 Å². The number of benzene rings is 1. The number of aryl methyl sites for hydroxylation is 1. The van der Waals surface area contributed by atoms with Crippen molar-refractivity contribution in [2.24, 2.45) is 0 Å². The maximum Gasteiger partial charge on any atom is 0.331 e. The third kappa shape index (κ3) is 4.58. The van der Waals surface area contributed by atoms with Gasteiger partial charge in [0.1, 0.15) is 5.54 Å². The predicted octanol–water partition coefficient (Wildman–Crippen LogP) is 3.92. The van der Waals surface area contributed by atoms with Gasteiger partial charge < -0.3 is 10.1 Å². The molecule has 0 spiro atoms. The molecule has 3 heteroatoms. The molecule has 0 aromatic heterocycles. The van der Waals surface area contributed by atoms with Crippen LogP contribution in [0.1, 0.15) is 45.1 Å². The van der Waals surface area contributed by atoms with Crippen molar-refractivity contribution < 1.29 is 9.53 Å². The van der Waals surface area contributed by atoms with Gasteiger partial charge in [0.15, 0.2) is 0 Å². The van der Waals surface area contributed by atoms with E-state index in [1.807, 2.05) is 38.1 Å². The molecule has 1 atom stereocenters. The van der Waals surface area contributed by atoms with Crippen LogP contribution in [0.4, 0.5) is 5.69 Å². The molecular weight excluding hydrogens is 238 g/mol. The number of anilines is 1. The average molecular weight is 263 g/mol. The van der Waals surface area contributed by atoms with Gasteiger partial charge in [-0.3, -0.25) is 0 Å². The molecule has 0 radical (unpaired) electrons. The molecule has 0 aliphatic heterocycles. The van der Waals surface area contributed by atoms with E-state index in [9.17, 15) is 4.79 Å². The molecule has 1 aromatic carbocycles. The Balaban J connectivity index is 2.81. The van der Waals surface area contributed by atoms with E-state index in [1.165, 1.54) is 12.7 Å². The Morgan fingerprint density at radius 1 is 1.37 bits per heavy atom. The number of nitrogens with one attached hydrogen (secondary N) is 1. The van der Waals surface area contributed by atoms with Crippen LogP contribution >= 0.6 is 0 Å². The van der Waals surface area contributed by atoms with E-state index in [0.29, 0.717) is 0 Å². The lowest BCUT2D eigenvalue weighted by molar-refractivity contribution is -0.145. The summed E-state index contributed by atoms with van der Waals surface area (Å²) in [5.74, 6) is -0.204. The minimum atomic E-state index is -0.655. The Bertz CT molecular complexity index is 417. The second-order valence-electron chi connectivity index (χ2n) is 5.28. The van der Waals surface area contributed by atoms with Gasteiger partial charge in [0, 0.05) is 5.69 Å². The first-order chi connectivity index (χ1) is 9.01. The smallest absolute Gasteiger partial charge is 0.331 e. The fourth-order valence-electron chi connectivity index (χ4n) is 2.21. The van der Waals surface area contributed by atoms with E-state index in [0.717, 1.165) is 31.4 Å². The first-order valence-electron chi connectivity index (χ1n) is 6.95. The number of ether oxygens (including phenoxy) is 1. The topological polar surface area (TPSA) is 38.3 Å². The van der Waals surface area contributed by atoms with Gasteiger partial charge in [0.25, 0.3) is 0 Å². The molecule has 0 aliphatic rings. The zero-order valence-electron chi connectivity index (χ0n) is 12.5. The van der Waals surface area contributed by atoms with Crippen LogP contribution in [0.3, 0.4) is 0 Å². The molecule has 0 amide bonds. The molecule has 0 heterocycles. The van der Waals surface area contributed by atoms with Crippen molar-refractivity contribution in [2.75, 3.05) is 12.4 Å². The zero-order valence-corrected chi connectivity index (χ0v) is 12.5. The van der Waals surface area contributed by atoms with Crippen LogP contribution in [0.2, 0.25) is 0 Å². The van der Waals surface area contributed by atoms with Crippen molar-refractivity contribution in [2.45, 2.75) is 52.0 Å². The van der Waals surface area contributed by atoms with E-state index in [-0.39, 0.29) is 5.97 Å². The first-order valence-corrected chi connectivity index (χ1v) is 6.95. The van der Waals surface area contributed by atoms with Gasteiger partial charge in [-0.2, -0.15) is 0 Å². The standard InChI is InChI=1S/C16H25NO2/c1-5-6-7-11-16(3,15(18)19-4)17-14-10-8-9-13(2)12-14/h8-10,12,17H,5-7,11H2,1-4H3. The highest BCUT2D eigenvalue weighted by molar-refractivity contribution is 5.84. The lowest BCUT2D eigenvalue weighted by Gasteiger charge is -2.29. The summed E-state index contributed by atoms with van der Waals surface area (Å²) in [4.78, 5) is 12.0. The summed E-state index contributed by atoms with van der Waals surface area (Å²) < 4.78 is 4.95. The van der Waals surface area contributed by atoms with Crippen LogP contribution in [-0.4, -0.2) is 18.6 Å². The van der Waals surface area contributed by atoms with Crippen LogP contribution < -0.4 is 5.32 Å². The van der Waals surface area contributed by atoms with Gasteiger partial charge in [-0.1, -0.05) is 38.3 Å². The molecule has 3 nitrogen and oxygen atoms in total. The Morgan fingerprint density at radius 3 is 2.68 bits per heavy atom. The van der Waals surface area contributed by atoms with Gasteiger partial charge in [-0.15, -0.1) is 0 Å². The maximum absolute atomic E-state index is 12.0. The second kappa shape index (κ2) is 7.17. The van der Waals surface area contributed by atoms with Crippen LogP contribution in [0.25, 0.3) is 0 Å². The van der Waals surface area contributed by atoms with Gasteiger partial charge in [-0.25, -0.2) is 4.79 Å². The number of methoxy groups -OCH3 is 1. The molecule has 0 aliphatic carbocycles. The Morgan fingerprint density at radius 2 is 2.11 bits per heavy atom. The van der Waals surface area contributed by atoms with Crippen molar-refractivity contribution in [3.63, 3.8) is 0 Å². The molecular formula is C16H25NO2. The van der Waals surface area contributed by atoms with E-state index >= 15 is 0 Å². The molecule has 106 valence electrons. The van der Waals surface area contributed by atoms with Crippen molar-refractivity contribution in [3.8, 4) is 0 Å². The third-order valence-electron chi connectivity index (χ3n) is 3.35. The highest BCUT2D eigenvalue weighted by atomic mass is 16.5. The van der Waals surface area contributed by atoms with Gasteiger partial charge in [-0.05, 0) is 38.0 Å². The minimum absolute atomic E-state index is 0.204. The van der Waals surface area contributed by atoms with Gasteiger partial charge in [0.2, 0.25) is 0 Å². The number of rotatable bonds is 7. The molecule has 0 fully saturated rings. The highest BCUT2D eigenvalue weighted by Gasteiger charge is 2.33. The largest absolute Gasteiger partial charge is 0.467 e. The van der Waals surface area contributed by atoms with Gasteiger partial charge in [0.05, 0.1) is 7.11 Å². The van der Waals surface area contributed by atoms with Crippen LogP contribution in [0.15, 0.2) is 24.3 Å². The zero-order chi connectivity index (χ0) is 14.3. The molecule has 1 N–H and O–H groups in total. The Kier molecular flexibility index (Phi) is 5.87. The third-order valence-corrected chi connectivity index (χ3v) is 3.35. The highest BCUT2D eigenvalue weighted by Crippen LogP contribution is 2.23. The molecule has 0 bridgehead atoms. The average Bonchev–Trinajstić information content (AvgIpc) is 2.38. The summed E-state index contributed by atoms with van der Waals surface area (Å²) in [5, 5.41) is 3.33. The molecule has 1 rings (SSSR count). The first kappa shape index (κ1) is 15.5. The van der Waals surface area contributed by atoms with Crippen LogP contribution in [-0.2, 0) is 9.53 Å². The van der Waals surface area contributed by atoms with E-state index < -0.39 is 5.54 Å². The Labute approximate surface area is 116 Å². The lowest BCUT2D eigenvalue weighted by Crippen LogP contribution is -2.44. The number of hydrogen-bond acceptors (Lipinski definition) is 3. The summed E-state index contributed by atoms with van der Waals surface area (Å²) in [6, 6.07) is 8.05. The number of unbranched alkanes of at least 4 members (excludes halogenated alkanes) is 2. The predicted molar refractivity (Wildman–Crippen MR) is 79.4 cm³/mol. The monoisotopic (exact) mass is 263 g/mol. The maximum atomic E-state index is 12.0. The molecule has 0 saturated carbocycles. The molecule has 1 aromatic rings. The number of hydrogen-bond donors (Lipinski definition) is 1. The second-order valence-corrected chi connectivity index (χ2v) is 5.28. The van der Waals surface area contributed by atoms with Crippen LogP contribution in [0.5, 0.6) is 0 Å². The number of carbonyl (C=O) groups is 1. The summed E-state index contributed by atoms with van der Waals surface area (Å²) in [6.07, 6.45) is 4.06. The molecule has 19 heavy (non-hydrogen) atoms. The summed E-state index contributed by atoms with van der Waals surface area (Å²) in [5.41, 5.74) is 1.48.